The maximum absolute atomic E-state index is 5.57. The molecular formula is C13H19NO. The summed E-state index contributed by atoms with van der Waals surface area (Å²) in [7, 11) is 0. The molecule has 2 nitrogen and oxygen atoms in total. The summed E-state index contributed by atoms with van der Waals surface area (Å²) in [5.41, 5.74) is 1.26. The van der Waals surface area contributed by atoms with Gasteiger partial charge in [0.15, 0.2) is 0 Å². The molecule has 0 heterocycles. The van der Waals surface area contributed by atoms with Crippen LogP contribution in [-0.4, -0.2) is 13.2 Å². The molecule has 0 aliphatic carbocycles. The molecule has 1 rings (SSSR count). The first-order valence-electron chi connectivity index (χ1n) is 5.40. The third-order valence-electron chi connectivity index (χ3n) is 2.07. The Morgan fingerprint density at radius 3 is 3.07 bits per heavy atom. The average Bonchev–Trinajstić information content (AvgIpc) is 2.27. The first-order valence-corrected chi connectivity index (χ1v) is 5.40. The van der Waals surface area contributed by atoms with Gasteiger partial charge < -0.3 is 10.1 Å². The van der Waals surface area contributed by atoms with Gasteiger partial charge in [-0.3, -0.25) is 0 Å². The van der Waals surface area contributed by atoms with Gasteiger partial charge in [0, 0.05) is 6.54 Å². The van der Waals surface area contributed by atoms with Crippen molar-refractivity contribution in [1.82, 2.24) is 5.32 Å². The van der Waals surface area contributed by atoms with Crippen LogP contribution in [0, 0.1) is 0 Å². The largest absolute Gasteiger partial charge is 0.493 e. The van der Waals surface area contributed by atoms with E-state index < -0.39 is 0 Å². The predicted octanol–water partition coefficient (Wildman–Crippen LogP) is 2.75. The Hall–Kier alpha value is -1.28. The Bertz CT molecular complexity index is 296. The number of benzene rings is 1. The topological polar surface area (TPSA) is 21.3 Å². The summed E-state index contributed by atoms with van der Waals surface area (Å²) < 4.78 is 5.57. The smallest absolute Gasteiger partial charge is 0.119 e. The molecule has 1 aromatic carbocycles. The summed E-state index contributed by atoms with van der Waals surface area (Å²) in [4.78, 5) is 0. The van der Waals surface area contributed by atoms with Crippen LogP contribution in [0.2, 0.25) is 0 Å². The van der Waals surface area contributed by atoms with E-state index in [4.69, 9.17) is 4.74 Å². The third-order valence-corrected chi connectivity index (χ3v) is 2.07. The lowest BCUT2D eigenvalue weighted by Gasteiger charge is -2.07. The Morgan fingerprint density at radius 1 is 1.47 bits per heavy atom. The summed E-state index contributed by atoms with van der Waals surface area (Å²) in [5.74, 6) is 0.937. The molecule has 1 N–H and O–H groups in total. The van der Waals surface area contributed by atoms with Crippen LogP contribution in [0.5, 0.6) is 5.75 Å². The second kappa shape index (κ2) is 7.07. The summed E-state index contributed by atoms with van der Waals surface area (Å²) in [6.07, 6.45) is 2.75. The molecule has 82 valence electrons. The van der Waals surface area contributed by atoms with Gasteiger partial charge in [0.2, 0.25) is 0 Å². The van der Waals surface area contributed by atoms with Gasteiger partial charge in [-0.15, -0.1) is 6.58 Å². The molecule has 0 bridgehead atoms. The maximum Gasteiger partial charge on any atom is 0.119 e. The van der Waals surface area contributed by atoms with Crippen molar-refractivity contribution in [3.05, 3.63) is 42.5 Å². The molecule has 0 aliphatic heterocycles. The molecule has 1 aromatic rings. The van der Waals surface area contributed by atoms with Gasteiger partial charge in [-0.05, 0) is 30.7 Å². The monoisotopic (exact) mass is 205 g/mol. The van der Waals surface area contributed by atoms with Gasteiger partial charge in [0.1, 0.15) is 5.75 Å². The first-order chi connectivity index (χ1) is 7.36. The lowest BCUT2D eigenvalue weighted by atomic mass is 10.2. The number of hydrogen-bond donors (Lipinski definition) is 1. The summed E-state index contributed by atoms with van der Waals surface area (Å²) in [5, 5.41) is 3.29. The molecule has 0 radical (unpaired) electrons. The number of nitrogens with one attached hydrogen (secondary N) is 1. The molecule has 0 aliphatic rings. The van der Waals surface area contributed by atoms with Crippen LogP contribution in [-0.2, 0) is 6.54 Å². The van der Waals surface area contributed by atoms with Crippen molar-refractivity contribution in [2.45, 2.75) is 19.9 Å². The molecule has 0 unspecified atom stereocenters. The summed E-state index contributed by atoms with van der Waals surface area (Å²) in [6, 6.07) is 8.18. The van der Waals surface area contributed by atoms with Crippen molar-refractivity contribution in [1.29, 1.82) is 0 Å². The fourth-order valence-electron chi connectivity index (χ4n) is 1.27. The zero-order valence-electron chi connectivity index (χ0n) is 9.33. The highest BCUT2D eigenvalue weighted by Gasteiger charge is 1.95. The summed E-state index contributed by atoms with van der Waals surface area (Å²) >= 11 is 0. The van der Waals surface area contributed by atoms with Crippen LogP contribution >= 0.6 is 0 Å². The quantitative estimate of drug-likeness (QED) is 0.546. The standard InChI is InChI=1S/C13H19NO/c1-3-5-9-15-13-8-6-7-12(10-13)11-14-4-2/h3,6-8,10,14H,1,4-5,9,11H2,2H3. The van der Waals surface area contributed by atoms with Gasteiger partial charge in [0.05, 0.1) is 6.61 Å². The van der Waals surface area contributed by atoms with Gasteiger partial charge >= 0.3 is 0 Å². The van der Waals surface area contributed by atoms with Crippen molar-refractivity contribution >= 4 is 0 Å². The molecule has 0 atom stereocenters. The molecule has 0 fully saturated rings. The van der Waals surface area contributed by atoms with E-state index in [2.05, 4.69) is 31.0 Å². The molecular weight excluding hydrogens is 186 g/mol. The van der Waals surface area contributed by atoms with Crippen LogP contribution in [0.3, 0.4) is 0 Å². The minimum atomic E-state index is 0.703. The second-order valence-corrected chi connectivity index (χ2v) is 3.35. The lowest BCUT2D eigenvalue weighted by Crippen LogP contribution is -2.11. The van der Waals surface area contributed by atoms with Gasteiger partial charge in [-0.25, -0.2) is 0 Å². The molecule has 0 spiro atoms. The normalized spacial score (nSPS) is 9.93. The van der Waals surface area contributed by atoms with Crippen molar-refractivity contribution in [3.63, 3.8) is 0 Å². The van der Waals surface area contributed by atoms with E-state index in [0.717, 1.165) is 25.3 Å². The number of hydrogen-bond acceptors (Lipinski definition) is 2. The fourth-order valence-corrected chi connectivity index (χ4v) is 1.27. The van der Waals surface area contributed by atoms with E-state index in [1.807, 2.05) is 18.2 Å². The van der Waals surface area contributed by atoms with Crippen LogP contribution < -0.4 is 10.1 Å². The van der Waals surface area contributed by atoms with Crippen LogP contribution in [0.1, 0.15) is 18.9 Å². The SMILES string of the molecule is C=CCCOc1cccc(CNCC)c1. The summed E-state index contributed by atoms with van der Waals surface area (Å²) in [6.45, 7) is 8.35. The van der Waals surface area contributed by atoms with E-state index in [-0.39, 0.29) is 0 Å². The number of rotatable bonds is 7. The average molecular weight is 205 g/mol. The van der Waals surface area contributed by atoms with E-state index in [1.54, 1.807) is 0 Å². The van der Waals surface area contributed by atoms with Crippen molar-refractivity contribution in [2.24, 2.45) is 0 Å². The molecule has 2 heteroatoms. The highest BCUT2D eigenvalue weighted by atomic mass is 16.5. The maximum atomic E-state index is 5.57. The van der Waals surface area contributed by atoms with E-state index in [1.165, 1.54) is 5.56 Å². The first kappa shape index (κ1) is 11.8. The zero-order valence-corrected chi connectivity index (χ0v) is 9.33. The Labute approximate surface area is 92.0 Å². The van der Waals surface area contributed by atoms with Gasteiger partial charge in [0.25, 0.3) is 0 Å². The number of ether oxygens (including phenoxy) is 1. The van der Waals surface area contributed by atoms with Gasteiger partial charge in [-0.2, -0.15) is 0 Å². The van der Waals surface area contributed by atoms with E-state index in [9.17, 15) is 0 Å². The van der Waals surface area contributed by atoms with Crippen LogP contribution in [0.15, 0.2) is 36.9 Å². The van der Waals surface area contributed by atoms with Crippen LogP contribution in [0.25, 0.3) is 0 Å². The molecule has 0 aromatic heterocycles. The van der Waals surface area contributed by atoms with Crippen molar-refractivity contribution < 1.29 is 4.74 Å². The predicted molar refractivity (Wildman–Crippen MR) is 64.1 cm³/mol. The molecule has 0 saturated heterocycles. The highest BCUT2D eigenvalue weighted by molar-refractivity contribution is 5.28. The lowest BCUT2D eigenvalue weighted by molar-refractivity contribution is 0.324. The molecule has 0 amide bonds. The molecule has 0 saturated carbocycles. The fraction of sp³-hybridized carbons (Fsp3) is 0.385. The Kier molecular flexibility index (Phi) is 5.56. The Morgan fingerprint density at radius 2 is 2.33 bits per heavy atom. The van der Waals surface area contributed by atoms with Crippen molar-refractivity contribution in [3.8, 4) is 5.75 Å². The van der Waals surface area contributed by atoms with Gasteiger partial charge in [-0.1, -0.05) is 25.1 Å². The zero-order chi connectivity index (χ0) is 10.9. The minimum absolute atomic E-state index is 0.703. The van der Waals surface area contributed by atoms with Crippen LogP contribution in [0.4, 0.5) is 0 Å². The van der Waals surface area contributed by atoms with Crippen molar-refractivity contribution in [2.75, 3.05) is 13.2 Å². The second-order valence-electron chi connectivity index (χ2n) is 3.35. The van der Waals surface area contributed by atoms with E-state index in [0.29, 0.717) is 6.61 Å². The van der Waals surface area contributed by atoms with E-state index >= 15 is 0 Å². The third kappa shape index (κ3) is 4.66. The Balaban J connectivity index is 2.46. The molecule has 15 heavy (non-hydrogen) atoms. The minimum Gasteiger partial charge on any atom is -0.493 e. The highest BCUT2D eigenvalue weighted by Crippen LogP contribution is 2.13.